The van der Waals surface area contributed by atoms with E-state index in [0.717, 1.165) is 37.9 Å². The van der Waals surface area contributed by atoms with E-state index < -0.39 is 0 Å². The number of hydrogen-bond donors (Lipinski definition) is 0. The van der Waals surface area contributed by atoms with Crippen LogP contribution in [0.5, 0.6) is 0 Å². The number of benzene rings is 1. The minimum absolute atomic E-state index is 0.0539. The van der Waals surface area contributed by atoms with Crippen LogP contribution in [0.25, 0.3) is 0 Å². The maximum absolute atomic E-state index is 13.0. The van der Waals surface area contributed by atoms with E-state index >= 15 is 0 Å². The van der Waals surface area contributed by atoms with Crippen molar-refractivity contribution in [2.75, 3.05) is 26.2 Å². The van der Waals surface area contributed by atoms with E-state index in [9.17, 15) is 9.59 Å². The van der Waals surface area contributed by atoms with E-state index in [1.54, 1.807) is 18.3 Å². The van der Waals surface area contributed by atoms with Gasteiger partial charge in [0.15, 0.2) is 5.69 Å². The summed E-state index contributed by atoms with van der Waals surface area (Å²) >= 11 is 0. The third kappa shape index (κ3) is 3.51. The maximum atomic E-state index is 13.0. The highest BCUT2D eigenvalue weighted by Crippen LogP contribution is 2.45. The quantitative estimate of drug-likeness (QED) is 0.824. The summed E-state index contributed by atoms with van der Waals surface area (Å²) < 4.78 is 0. The second-order valence-electron chi connectivity index (χ2n) is 7.92. The van der Waals surface area contributed by atoms with Crippen LogP contribution in [0.4, 0.5) is 0 Å². The first-order valence-electron chi connectivity index (χ1n) is 10.0. The molecule has 0 aliphatic carbocycles. The summed E-state index contributed by atoms with van der Waals surface area (Å²) in [6, 6.07) is 13.6. The average Bonchev–Trinajstić information content (AvgIpc) is 2.76. The van der Waals surface area contributed by atoms with Gasteiger partial charge in [0, 0.05) is 32.4 Å². The number of aromatic nitrogens is 2. The SMILES string of the molecule is CCN1CC2(CCN(C(=O)c3cccnn3)CC2)C[C@H](c2ccccc2)C1=O. The Morgan fingerprint density at radius 3 is 2.54 bits per heavy atom. The summed E-state index contributed by atoms with van der Waals surface area (Å²) in [4.78, 5) is 29.6. The lowest BCUT2D eigenvalue weighted by molar-refractivity contribution is -0.141. The Morgan fingerprint density at radius 2 is 1.89 bits per heavy atom. The molecule has 0 unspecified atom stereocenters. The molecule has 0 bridgehead atoms. The molecule has 2 aliphatic rings. The van der Waals surface area contributed by atoms with Crippen LogP contribution in [0.2, 0.25) is 0 Å². The molecule has 6 heteroatoms. The molecule has 2 aromatic rings. The Hall–Kier alpha value is -2.76. The summed E-state index contributed by atoms with van der Waals surface area (Å²) in [6.07, 6.45) is 4.25. The predicted octanol–water partition coefficient (Wildman–Crippen LogP) is 2.74. The van der Waals surface area contributed by atoms with Gasteiger partial charge in [-0.15, -0.1) is 5.10 Å². The number of likely N-dealkylation sites (tertiary alicyclic amines) is 2. The monoisotopic (exact) mass is 378 g/mol. The fourth-order valence-corrected chi connectivity index (χ4v) is 4.63. The molecule has 1 aromatic carbocycles. The van der Waals surface area contributed by atoms with Gasteiger partial charge in [0.1, 0.15) is 0 Å². The number of hydrogen-bond acceptors (Lipinski definition) is 4. The van der Waals surface area contributed by atoms with Gasteiger partial charge in [0.25, 0.3) is 5.91 Å². The van der Waals surface area contributed by atoms with E-state index in [-0.39, 0.29) is 23.1 Å². The summed E-state index contributed by atoms with van der Waals surface area (Å²) in [5.74, 6) is 0.0938. The molecule has 0 saturated carbocycles. The van der Waals surface area contributed by atoms with Crippen molar-refractivity contribution in [3.8, 4) is 0 Å². The molecule has 28 heavy (non-hydrogen) atoms. The zero-order chi connectivity index (χ0) is 19.6. The van der Waals surface area contributed by atoms with Crippen LogP contribution in [0.1, 0.15) is 48.2 Å². The minimum Gasteiger partial charge on any atom is -0.342 e. The van der Waals surface area contributed by atoms with Crippen molar-refractivity contribution < 1.29 is 9.59 Å². The normalized spacial score (nSPS) is 21.8. The Kier molecular flexibility index (Phi) is 5.11. The predicted molar refractivity (Wildman–Crippen MR) is 106 cm³/mol. The van der Waals surface area contributed by atoms with Gasteiger partial charge in [-0.2, -0.15) is 5.10 Å². The summed E-state index contributed by atoms with van der Waals surface area (Å²) in [6.45, 7) is 4.96. The van der Waals surface area contributed by atoms with Gasteiger partial charge in [-0.1, -0.05) is 30.3 Å². The van der Waals surface area contributed by atoms with Crippen LogP contribution in [0.3, 0.4) is 0 Å². The molecule has 2 saturated heterocycles. The van der Waals surface area contributed by atoms with E-state index in [4.69, 9.17) is 0 Å². The Morgan fingerprint density at radius 1 is 1.14 bits per heavy atom. The fourth-order valence-electron chi connectivity index (χ4n) is 4.63. The van der Waals surface area contributed by atoms with Gasteiger partial charge in [-0.3, -0.25) is 9.59 Å². The molecule has 1 spiro atoms. The number of nitrogens with zero attached hydrogens (tertiary/aromatic N) is 4. The number of carbonyl (C=O) groups excluding carboxylic acids is 2. The van der Waals surface area contributed by atoms with Gasteiger partial charge in [-0.25, -0.2) is 0 Å². The van der Waals surface area contributed by atoms with Crippen molar-refractivity contribution in [1.29, 1.82) is 0 Å². The van der Waals surface area contributed by atoms with Crippen LogP contribution in [-0.4, -0.2) is 58.0 Å². The molecule has 3 heterocycles. The van der Waals surface area contributed by atoms with Gasteiger partial charge in [0.2, 0.25) is 5.91 Å². The van der Waals surface area contributed by atoms with Crippen LogP contribution in [0, 0.1) is 5.41 Å². The topological polar surface area (TPSA) is 66.4 Å². The molecule has 2 aliphatic heterocycles. The van der Waals surface area contributed by atoms with Crippen LogP contribution in [0.15, 0.2) is 48.7 Å². The highest BCUT2D eigenvalue weighted by Gasteiger charge is 2.46. The molecule has 2 fully saturated rings. The second kappa shape index (κ2) is 7.70. The fraction of sp³-hybridized carbons (Fsp3) is 0.455. The molecule has 0 radical (unpaired) electrons. The third-order valence-corrected chi connectivity index (χ3v) is 6.26. The first-order chi connectivity index (χ1) is 13.6. The number of carbonyl (C=O) groups is 2. The van der Waals surface area contributed by atoms with Gasteiger partial charge in [-0.05, 0) is 49.3 Å². The van der Waals surface area contributed by atoms with Crippen LogP contribution < -0.4 is 0 Å². The number of piperidine rings is 2. The summed E-state index contributed by atoms with van der Waals surface area (Å²) in [5.41, 5.74) is 1.57. The molecule has 0 N–H and O–H groups in total. The van der Waals surface area contributed by atoms with Crippen LogP contribution in [-0.2, 0) is 4.79 Å². The minimum atomic E-state index is -0.0860. The van der Waals surface area contributed by atoms with Crippen LogP contribution >= 0.6 is 0 Å². The Labute approximate surface area is 165 Å². The molecule has 4 rings (SSSR count). The Bertz CT molecular complexity index is 832. The van der Waals surface area contributed by atoms with Gasteiger partial charge < -0.3 is 9.80 Å². The zero-order valence-electron chi connectivity index (χ0n) is 16.3. The average molecular weight is 378 g/mol. The van der Waals surface area contributed by atoms with Gasteiger partial charge >= 0.3 is 0 Å². The van der Waals surface area contributed by atoms with Crippen molar-refractivity contribution in [2.45, 2.75) is 32.1 Å². The number of likely N-dealkylation sites (N-methyl/N-ethyl adjacent to an activating group) is 1. The molecule has 146 valence electrons. The lowest BCUT2D eigenvalue weighted by Crippen LogP contribution is -2.54. The lowest BCUT2D eigenvalue weighted by Gasteiger charge is -2.49. The largest absolute Gasteiger partial charge is 0.342 e. The van der Waals surface area contributed by atoms with Crippen molar-refractivity contribution in [3.63, 3.8) is 0 Å². The van der Waals surface area contributed by atoms with Gasteiger partial charge in [0.05, 0.1) is 5.92 Å². The second-order valence-corrected chi connectivity index (χ2v) is 7.92. The number of rotatable bonds is 3. The maximum Gasteiger partial charge on any atom is 0.274 e. The van der Waals surface area contributed by atoms with Crippen molar-refractivity contribution in [1.82, 2.24) is 20.0 Å². The highest BCUT2D eigenvalue weighted by atomic mass is 16.2. The lowest BCUT2D eigenvalue weighted by atomic mass is 9.67. The van der Waals surface area contributed by atoms with E-state index in [1.807, 2.05) is 34.9 Å². The smallest absolute Gasteiger partial charge is 0.274 e. The standard InChI is InChI=1S/C22H26N4O2/c1-2-25-16-22(15-18(20(25)27)17-7-4-3-5-8-17)10-13-26(14-11-22)21(28)19-9-6-12-23-24-19/h3-9,12,18H,2,10-11,13-16H2,1H3/t18-/m1/s1. The third-order valence-electron chi connectivity index (χ3n) is 6.26. The molecular weight excluding hydrogens is 352 g/mol. The first-order valence-corrected chi connectivity index (χ1v) is 10.0. The number of amides is 2. The molecular formula is C22H26N4O2. The molecule has 6 nitrogen and oxygen atoms in total. The highest BCUT2D eigenvalue weighted by molar-refractivity contribution is 5.92. The van der Waals surface area contributed by atoms with Crippen molar-refractivity contribution >= 4 is 11.8 Å². The Balaban J connectivity index is 1.50. The van der Waals surface area contributed by atoms with E-state index in [2.05, 4.69) is 22.3 Å². The van der Waals surface area contributed by atoms with Crippen molar-refractivity contribution in [3.05, 3.63) is 59.9 Å². The summed E-state index contributed by atoms with van der Waals surface area (Å²) in [7, 11) is 0. The summed E-state index contributed by atoms with van der Waals surface area (Å²) in [5, 5.41) is 7.77. The van der Waals surface area contributed by atoms with E-state index in [0.29, 0.717) is 18.8 Å². The molecule has 1 atom stereocenters. The molecule has 1 aromatic heterocycles. The van der Waals surface area contributed by atoms with Crippen molar-refractivity contribution in [2.24, 2.45) is 5.41 Å². The molecule has 2 amide bonds. The zero-order valence-corrected chi connectivity index (χ0v) is 16.3. The van der Waals surface area contributed by atoms with E-state index in [1.165, 1.54) is 0 Å². The first kappa shape index (κ1) is 18.6.